The quantitative estimate of drug-likeness (QED) is 0.855. The molecule has 2 N–H and O–H groups in total. The second-order valence-corrected chi connectivity index (χ2v) is 6.59. The summed E-state index contributed by atoms with van der Waals surface area (Å²) >= 11 is 0. The SMILES string of the molecule is Cc1nccn1CCCC(=O)NCC1(O)CCCc2ccccc21. The number of amides is 1. The molecule has 24 heavy (non-hydrogen) atoms. The Bertz CT molecular complexity index is 710. The van der Waals surface area contributed by atoms with Gasteiger partial charge in [-0.05, 0) is 43.7 Å². The van der Waals surface area contributed by atoms with E-state index >= 15 is 0 Å². The van der Waals surface area contributed by atoms with Crippen LogP contribution in [0.4, 0.5) is 0 Å². The number of carbonyl (C=O) groups excluding carboxylic acids is 1. The molecule has 5 nitrogen and oxygen atoms in total. The summed E-state index contributed by atoms with van der Waals surface area (Å²) in [6.45, 7) is 3.02. The van der Waals surface area contributed by atoms with E-state index in [1.165, 1.54) is 5.56 Å². The zero-order valence-electron chi connectivity index (χ0n) is 14.2. The number of carbonyl (C=O) groups is 1. The Morgan fingerprint density at radius 2 is 2.25 bits per heavy atom. The third kappa shape index (κ3) is 3.67. The molecular weight excluding hydrogens is 302 g/mol. The first-order valence-electron chi connectivity index (χ1n) is 8.64. The maximum absolute atomic E-state index is 12.1. The number of hydrogen-bond donors (Lipinski definition) is 2. The van der Waals surface area contributed by atoms with E-state index in [2.05, 4.69) is 16.4 Å². The van der Waals surface area contributed by atoms with Gasteiger partial charge in [-0.2, -0.15) is 0 Å². The van der Waals surface area contributed by atoms with Crippen LogP contribution in [0.25, 0.3) is 0 Å². The fourth-order valence-corrected chi connectivity index (χ4v) is 3.47. The van der Waals surface area contributed by atoms with Crippen molar-refractivity contribution in [3.05, 3.63) is 53.6 Å². The van der Waals surface area contributed by atoms with E-state index in [0.717, 1.165) is 37.2 Å². The molecule has 0 aliphatic heterocycles. The van der Waals surface area contributed by atoms with E-state index in [1.807, 2.05) is 35.9 Å². The minimum Gasteiger partial charge on any atom is -0.383 e. The second kappa shape index (κ2) is 7.18. The molecule has 0 saturated heterocycles. The van der Waals surface area contributed by atoms with E-state index in [4.69, 9.17) is 0 Å². The van der Waals surface area contributed by atoms with Crippen molar-refractivity contribution >= 4 is 5.91 Å². The lowest BCUT2D eigenvalue weighted by Crippen LogP contribution is -2.43. The largest absolute Gasteiger partial charge is 0.383 e. The first kappa shape index (κ1) is 16.7. The lowest BCUT2D eigenvalue weighted by molar-refractivity contribution is -0.122. The molecule has 1 heterocycles. The summed E-state index contributed by atoms with van der Waals surface area (Å²) < 4.78 is 2.04. The van der Waals surface area contributed by atoms with E-state index in [0.29, 0.717) is 12.8 Å². The topological polar surface area (TPSA) is 67.2 Å². The molecule has 0 saturated carbocycles. The third-order valence-corrected chi connectivity index (χ3v) is 4.86. The maximum atomic E-state index is 12.1. The lowest BCUT2D eigenvalue weighted by Gasteiger charge is -2.34. The zero-order chi connectivity index (χ0) is 17.0. The maximum Gasteiger partial charge on any atom is 0.220 e. The van der Waals surface area contributed by atoms with Gasteiger partial charge in [-0.15, -0.1) is 0 Å². The summed E-state index contributed by atoms with van der Waals surface area (Å²) in [6, 6.07) is 7.99. The molecule has 1 atom stereocenters. The first-order chi connectivity index (χ1) is 11.6. The van der Waals surface area contributed by atoms with Crippen LogP contribution >= 0.6 is 0 Å². The van der Waals surface area contributed by atoms with Gasteiger partial charge in [0.25, 0.3) is 0 Å². The van der Waals surface area contributed by atoms with Crippen LogP contribution in [0.15, 0.2) is 36.7 Å². The fraction of sp³-hybridized carbons (Fsp3) is 0.474. The van der Waals surface area contributed by atoms with Crippen molar-refractivity contribution in [1.82, 2.24) is 14.9 Å². The third-order valence-electron chi connectivity index (χ3n) is 4.86. The molecule has 5 heteroatoms. The van der Waals surface area contributed by atoms with Crippen LogP contribution in [0.5, 0.6) is 0 Å². The van der Waals surface area contributed by atoms with Gasteiger partial charge in [0, 0.05) is 25.4 Å². The van der Waals surface area contributed by atoms with Crippen molar-refractivity contribution in [3.8, 4) is 0 Å². The lowest BCUT2D eigenvalue weighted by atomic mass is 9.79. The highest BCUT2D eigenvalue weighted by molar-refractivity contribution is 5.75. The Morgan fingerprint density at radius 3 is 3.04 bits per heavy atom. The van der Waals surface area contributed by atoms with Crippen molar-refractivity contribution in [3.63, 3.8) is 0 Å². The molecular formula is C19H25N3O2. The van der Waals surface area contributed by atoms with Gasteiger partial charge in [-0.3, -0.25) is 4.79 Å². The highest BCUT2D eigenvalue weighted by Crippen LogP contribution is 2.34. The normalized spacial score (nSPS) is 19.8. The minimum atomic E-state index is -0.939. The number of fused-ring (bicyclic) bond motifs is 1. The summed E-state index contributed by atoms with van der Waals surface area (Å²) in [5.41, 5.74) is 1.22. The Balaban J connectivity index is 1.50. The van der Waals surface area contributed by atoms with Gasteiger partial charge in [0.2, 0.25) is 5.91 Å². The number of aromatic nitrogens is 2. The van der Waals surface area contributed by atoms with Crippen molar-refractivity contribution < 1.29 is 9.90 Å². The number of hydrogen-bond acceptors (Lipinski definition) is 3. The molecule has 1 aromatic carbocycles. The number of nitrogens with zero attached hydrogens (tertiary/aromatic N) is 2. The summed E-state index contributed by atoms with van der Waals surface area (Å²) in [6.07, 6.45) is 7.55. The molecule has 3 rings (SSSR count). The fourth-order valence-electron chi connectivity index (χ4n) is 3.47. The standard InChI is InChI=1S/C19H25N3O2/c1-15-20-11-13-22(15)12-5-9-18(23)21-14-19(24)10-4-7-16-6-2-3-8-17(16)19/h2-3,6,8,11,13,24H,4-5,7,9-10,12,14H2,1H3,(H,21,23). The number of imidazole rings is 1. The van der Waals surface area contributed by atoms with Crippen LogP contribution in [0.1, 0.15) is 42.6 Å². The molecule has 1 amide bonds. The molecule has 1 aromatic heterocycles. The number of rotatable bonds is 6. The van der Waals surface area contributed by atoms with Crippen LogP contribution < -0.4 is 5.32 Å². The Labute approximate surface area is 142 Å². The molecule has 2 aromatic rings. The summed E-state index contributed by atoms with van der Waals surface area (Å²) in [4.78, 5) is 16.3. The molecule has 0 fully saturated rings. The van der Waals surface area contributed by atoms with Crippen molar-refractivity contribution in [2.24, 2.45) is 0 Å². The highest BCUT2D eigenvalue weighted by Gasteiger charge is 2.34. The predicted molar refractivity (Wildman–Crippen MR) is 92.5 cm³/mol. The minimum absolute atomic E-state index is 0.00996. The van der Waals surface area contributed by atoms with Crippen molar-refractivity contribution in [2.75, 3.05) is 6.54 Å². The van der Waals surface area contributed by atoms with Gasteiger partial charge < -0.3 is 15.0 Å². The zero-order valence-corrected chi connectivity index (χ0v) is 14.2. The molecule has 128 valence electrons. The van der Waals surface area contributed by atoms with Crippen LogP contribution in [-0.4, -0.2) is 27.1 Å². The van der Waals surface area contributed by atoms with Gasteiger partial charge in [0.15, 0.2) is 0 Å². The summed E-state index contributed by atoms with van der Waals surface area (Å²) in [5.74, 6) is 0.952. The summed E-state index contributed by atoms with van der Waals surface area (Å²) in [5, 5.41) is 13.9. The number of aryl methyl sites for hydroxylation is 3. The summed E-state index contributed by atoms with van der Waals surface area (Å²) in [7, 11) is 0. The van der Waals surface area contributed by atoms with Crippen LogP contribution in [-0.2, 0) is 23.4 Å². The van der Waals surface area contributed by atoms with Crippen LogP contribution in [0, 0.1) is 6.92 Å². The molecule has 1 aliphatic rings. The number of nitrogens with one attached hydrogen (secondary N) is 1. The van der Waals surface area contributed by atoms with Gasteiger partial charge in [0.05, 0.1) is 6.54 Å². The second-order valence-electron chi connectivity index (χ2n) is 6.59. The highest BCUT2D eigenvalue weighted by atomic mass is 16.3. The predicted octanol–water partition coefficient (Wildman–Crippen LogP) is 2.31. The van der Waals surface area contributed by atoms with E-state index in [9.17, 15) is 9.90 Å². The molecule has 0 radical (unpaired) electrons. The Kier molecular flexibility index (Phi) is 5.00. The average molecular weight is 327 g/mol. The number of aliphatic hydroxyl groups is 1. The average Bonchev–Trinajstić information content (AvgIpc) is 2.99. The number of benzene rings is 1. The van der Waals surface area contributed by atoms with Crippen LogP contribution in [0.2, 0.25) is 0 Å². The van der Waals surface area contributed by atoms with Crippen LogP contribution in [0.3, 0.4) is 0 Å². The Hall–Kier alpha value is -2.14. The van der Waals surface area contributed by atoms with E-state index in [-0.39, 0.29) is 12.5 Å². The Morgan fingerprint density at radius 1 is 1.42 bits per heavy atom. The smallest absolute Gasteiger partial charge is 0.220 e. The van der Waals surface area contributed by atoms with Gasteiger partial charge in [-0.25, -0.2) is 4.98 Å². The molecule has 1 unspecified atom stereocenters. The van der Waals surface area contributed by atoms with Crippen molar-refractivity contribution in [2.45, 2.75) is 51.2 Å². The molecule has 0 spiro atoms. The van der Waals surface area contributed by atoms with Crippen molar-refractivity contribution in [1.29, 1.82) is 0 Å². The monoisotopic (exact) mass is 327 g/mol. The first-order valence-corrected chi connectivity index (χ1v) is 8.64. The van der Waals surface area contributed by atoms with Gasteiger partial charge >= 0.3 is 0 Å². The molecule has 1 aliphatic carbocycles. The van der Waals surface area contributed by atoms with Gasteiger partial charge in [-0.1, -0.05) is 24.3 Å². The van der Waals surface area contributed by atoms with E-state index < -0.39 is 5.60 Å². The van der Waals surface area contributed by atoms with Gasteiger partial charge in [0.1, 0.15) is 11.4 Å². The molecule has 0 bridgehead atoms. The van der Waals surface area contributed by atoms with E-state index in [1.54, 1.807) is 6.20 Å².